The van der Waals surface area contributed by atoms with Gasteiger partial charge in [0.1, 0.15) is 22.4 Å². The summed E-state index contributed by atoms with van der Waals surface area (Å²) >= 11 is 0.979. The molecule has 3 aromatic carbocycles. The van der Waals surface area contributed by atoms with E-state index in [2.05, 4.69) is 5.32 Å². The number of nitriles is 1. The number of carbonyl (C=O) groups excluding carboxylic acids is 2. The molecule has 6 nitrogen and oxygen atoms in total. The summed E-state index contributed by atoms with van der Waals surface area (Å²) in [5.74, 6) is -0.578. The van der Waals surface area contributed by atoms with Crippen LogP contribution < -0.4 is 15.0 Å². The number of amides is 2. The van der Waals surface area contributed by atoms with E-state index < -0.39 is 28.8 Å². The molecule has 0 radical (unpaired) electrons. The smallest absolute Gasteiger partial charge is 0.416 e. The fourth-order valence-corrected chi connectivity index (χ4v) is 5.39. The topological polar surface area (TPSA) is 82.4 Å². The van der Waals surface area contributed by atoms with Crippen molar-refractivity contribution in [2.45, 2.75) is 31.7 Å². The van der Waals surface area contributed by atoms with Gasteiger partial charge in [0, 0.05) is 11.4 Å². The summed E-state index contributed by atoms with van der Waals surface area (Å²) < 4.78 is 45.2. The molecule has 1 unspecified atom stereocenters. The van der Waals surface area contributed by atoms with Gasteiger partial charge >= 0.3 is 6.18 Å². The SMILES string of the molecule is CCOc1ccc(N2C(=O)C(Cc3cccc(C(F)(F)F)c3)S/C2=C(/C#N)C(=O)Nc2cccc(C)c2)cc1. The molecule has 0 aromatic heterocycles. The molecule has 0 bridgehead atoms. The average molecular weight is 552 g/mol. The Morgan fingerprint density at radius 3 is 2.46 bits per heavy atom. The lowest BCUT2D eigenvalue weighted by Gasteiger charge is -2.19. The predicted octanol–water partition coefficient (Wildman–Crippen LogP) is 6.48. The number of anilines is 2. The molecule has 200 valence electrons. The maximum atomic E-state index is 13.6. The lowest BCUT2D eigenvalue weighted by atomic mass is 10.1. The van der Waals surface area contributed by atoms with Crippen LogP contribution in [-0.2, 0) is 22.2 Å². The highest BCUT2D eigenvalue weighted by molar-refractivity contribution is 8.05. The van der Waals surface area contributed by atoms with Crippen LogP contribution >= 0.6 is 11.8 Å². The molecule has 2 amide bonds. The molecular weight excluding hydrogens is 527 g/mol. The average Bonchev–Trinajstić information content (AvgIpc) is 3.20. The van der Waals surface area contributed by atoms with Crippen LogP contribution in [0.5, 0.6) is 5.75 Å². The molecule has 1 aliphatic rings. The number of hydrogen-bond donors (Lipinski definition) is 1. The Bertz CT molecular complexity index is 1460. The number of thioether (sulfide) groups is 1. The molecule has 1 atom stereocenters. The lowest BCUT2D eigenvalue weighted by molar-refractivity contribution is -0.137. The van der Waals surface area contributed by atoms with Crippen molar-refractivity contribution >= 4 is 35.0 Å². The van der Waals surface area contributed by atoms with Crippen LogP contribution in [0.4, 0.5) is 24.5 Å². The number of aryl methyl sites for hydroxylation is 1. The van der Waals surface area contributed by atoms with Crippen LogP contribution in [0.15, 0.2) is 83.4 Å². The van der Waals surface area contributed by atoms with Gasteiger partial charge in [-0.25, -0.2) is 0 Å². The van der Waals surface area contributed by atoms with E-state index in [0.29, 0.717) is 29.3 Å². The van der Waals surface area contributed by atoms with E-state index in [0.717, 1.165) is 29.5 Å². The summed E-state index contributed by atoms with van der Waals surface area (Å²) in [6.45, 7) is 4.14. The van der Waals surface area contributed by atoms with Gasteiger partial charge in [0.2, 0.25) is 5.91 Å². The number of rotatable bonds is 7. The molecule has 4 rings (SSSR count). The first-order chi connectivity index (χ1) is 18.6. The molecule has 0 saturated carbocycles. The second-order valence-electron chi connectivity index (χ2n) is 8.72. The summed E-state index contributed by atoms with van der Waals surface area (Å²) in [5.41, 5.74) is 0.998. The molecule has 1 aliphatic heterocycles. The van der Waals surface area contributed by atoms with Crippen LogP contribution in [0.2, 0.25) is 0 Å². The molecule has 1 saturated heterocycles. The number of carbonyl (C=O) groups is 2. The minimum atomic E-state index is -4.52. The highest BCUT2D eigenvalue weighted by Gasteiger charge is 2.41. The lowest BCUT2D eigenvalue weighted by Crippen LogP contribution is -2.31. The van der Waals surface area contributed by atoms with E-state index in [1.807, 2.05) is 26.0 Å². The van der Waals surface area contributed by atoms with Gasteiger partial charge in [-0.05, 0) is 73.9 Å². The van der Waals surface area contributed by atoms with Crippen LogP contribution in [-0.4, -0.2) is 23.7 Å². The Morgan fingerprint density at radius 2 is 1.82 bits per heavy atom. The van der Waals surface area contributed by atoms with Crippen LogP contribution in [0.1, 0.15) is 23.6 Å². The maximum absolute atomic E-state index is 13.6. The van der Waals surface area contributed by atoms with Gasteiger partial charge in [-0.2, -0.15) is 18.4 Å². The van der Waals surface area contributed by atoms with Gasteiger partial charge in [0.05, 0.1) is 17.4 Å². The van der Waals surface area contributed by atoms with Gasteiger partial charge in [-0.3, -0.25) is 14.5 Å². The first-order valence-corrected chi connectivity index (χ1v) is 12.9. The van der Waals surface area contributed by atoms with Crippen molar-refractivity contribution < 1.29 is 27.5 Å². The normalized spacial score (nSPS) is 16.6. The quantitative estimate of drug-likeness (QED) is 0.269. The van der Waals surface area contributed by atoms with Crippen molar-refractivity contribution in [3.05, 3.63) is 100 Å². The van der Waals surface area contributed by atoms with E-state index in [1.54, 1.807) is 42.5 Å². The molecule has 1 heterocycles. The summed E-state index contributed by atoms with van der Waals surface area (Å²) in [4.78, 5) is 28.1. The molecule has 3 aromatic rings. The van der Waals surface area contributed by atoms with E-state index in [-0.39, 0.29) is 17.0 Å². The highest BCUT2D eigenvalue weighted by Crippen LogP contribution is 2.42. The van der Waals surface area contributed by atoms with Crippen LogP contribution in [0, 0.1) is 18.3 Å². The third-order valence-corrected chi connectivity index (χ3v) is 7.13. The molecule has 1 fully saturated rings. The molecule has 1 N–H and O–H groups in total. The number of hydrogen-bond acceptors (Lipinski definition) is 5. The number of nitrogens with one attached hydrogen (secondary N) is 1. The minimum absolute atomic E-state index is 0.0251. The fraction of sp³-hybridized carbons (Fsp3) is 0.207. The third kappa shape index (κ3) is 6.44. The van der Waals surface area contributed by atoms with Crippen molar-refractivity contribution in [1.29, 1.82) is 5.26 Å². The first kappa shape index (κ1) is 27.8. The number of ether oxygens (including phenoxy) is 1. The maximum Gasteiger partial charge on any atom is 0.416 e. The summed E-state index contributed by atoms with van der Waals surface area (Å²) in [5, 5.41) is 11.9. The monoisotopic (exact) mass is 551 g/mol. The Morgan fingerprint density at radius 1 is 1.10 bits per heavy atom. The van der Waals surface area contributed by atoms with Crippen molar-refractivity contribution in [1.82, 2.24) is 0 Å². The Balaban J connectivity index is 1.72. The number of halogens is 3. The van der Waals surface area contributed by atoms with E-state index in [9.17, 15) is 28.0 Å². The molecular formula is C29H24F3N3O3S. The molecule has 0 aliphatic carbocycles. The summed E-state index contributed by atoms with van der Waals surface area (Å²) in [6.07, 6.45) is -4.55. The summed E-state index contributed by atoms with van der Waals surface area (Å²) in [6, 6.07) is 20.3. The second-order valence-corrected chi connectivity index (χ2v) is 9.92. The number of benzene rings is 3. The van der Waals surface area contributed by atoms with Gasteiger partial charge in [-0.1, -0.05) is 42.1 Å². The van der Waals surface area contributed by atoms with Gasteiger partial charge < -0.3 is 10.1 Å². The number of alkyl halides is 3. The van der Waals surface area contributed by atoms with Crippen molar-refractivity contribution in [2.75, 3.05) is 16.8 Å². The van der Waals surface area contributed by atoms with Gasteiger partial charge in [0.15, 0.2) is 0 Å². The van der Waals surface area contributed by atoms with Gasteiger partial charge in [0.25, 0.3) is 5.91 Å². The molecule has 10 heteroatoms. The zero-order chi connectivity index (χ0) is 28.2. The second kappa shape index (κ2) is 11.7. The van der Waals surface area contributed by atoms with Crippen molar-refractivity contribution in [2.24, 2.45) is 0 Å². The van der Waals surface area contributed by atoms with Crippen molar-refractivity contribution in [3.8, 4) is 11.8 Å². The third-order valence-electron chi connectivity index (χ3n) is 5.86. The number of nitrogens with zero attached hydrogens (tertiary/aromatic N) is 2. The Labute approximate surface area is 228 Å². The van der Waals surface area contributed by atoms with E-state index in [1.165, 1.54) is 17.0 Å². The molecule has 0 spiro atoms. The highest BCUT2D eigenvalue weighted by atomic mass is 32.2. The zero-order valence-electron chi connectivity index (χ0n) is 21.1. The van der Waals surface area contributed by atoms with Crippen molar-refractivity contribution in [3.63, 3.8) is 0 Å². The standard InChI is InChI=1S/C29H24F3N3O3S/c1-3-38-23-12-10-22(11-13-23)35-27(37)25(16-19-7-5-8-20(15-19)29(30,31)32)39-28(35)24(17-33)26(36)34-21-9-4-6-18(2)14-21/h4-15,25H,3,16H2,1-2H3,(H,34,36)/b28-24-. The Kier molecular flexibility index (Phi) is 8.31. The van der Waals surface area contributed by atoms with Crippen LogP contribution in [0.25, 0.3) is 0 Å². The largest absolute Gasteiger partial charge is 0.494 e. The van der Waals surface area contributed by atoms with Crippen LogP contribution in [0.3, 0.4) is 0 Å². The fourth-order valence-electron chi connectivity index (χ4n) is 4.09. The first-order valence-electron chi connectivity index (χ1n) is 12.0. The summed E-state index contributed by atoms with van der Waals surface area (Å²) in [7, 11) is 0. The minimum Gasteiger partial charge on any atom is -0.494 e. The van der Waals surface area contributed by atoms with E-state index >= 15 is 0 Å². The van der Waals surface area contributed by atoms with E-state index in [4.69, 9.17) is 4.74 Å². The molecule has 39 heavy (non-hydrogen) atoms. The Hall–Kier alpha value is -4.23. The predicted molar refractivity (Wildman–Crippen MR) is 144 cm³/mol. The zero-order valence-corrected chi connectivity index (χ0v) is 21.9. The van der Waals surface area contributed by atoms with Gasteiger partial charge in [-0.15, -0.1) is 0 Å².